The Balaban J connectivity index is 2.78. The summed E-state index contributed by atoms with van der Waals surface area (Å²) in [5.74, 6) is -1.60. The van der Waals surface area contributed by atoms with E-state index in [1.807, 2.05) is 0 Å². The van der Waals surface area contributed by atoms with Gasteiger partial charge in [-0.05, 0) is 36.2 Å². The monoisotopic (exact) mass is 334 g/mol. The molecule has 0 aliphatic rings. The first kappa shape index (κ1) is 16.8. The standard InChI is InChI=1S/C17H15ClO5/c1-9-12(16(20)22-2)8-13(10-4-6-11(18)7-5-10)15(19)14(9)17(21)23-3/h4-8,19H,1-3H3. The SMILES string of the molecule is COC(=O)c1cc(-c2ccc(Cl)cc2)c(O)c(C(=O)OC)c1C. The molecule has 120 valence electrons. The fraction of sp³-hybridized carbons (Fsp3) is 0.176. The largest absolute Gasteiger partial charge is 0.506 e. The number of aromatic hydroxyl groups is 1. The molecule has 0 heterocycles. The van der Waals surface area contributed by atoms with E-state index in [2.05, 4.69) is 0 Å². The van der Waals surface area contributed by atoms with Crippen molar-refractivity contribution in [3.05, 3.63) is 52.0 Å². The van der Waals surface area contributed by atoms with Crippen molar-refractivity contribution in [3.63, 3.8) is 0 Å². The number of carbonyl (C=O) groups is 2. The molecule has 6 heteroatoms. The fourth-order valence-corrected chi connectivity index (χ4v) is 2.42. The van der Waals surface area contributed by atoms with Crippen LogP contribution in [0.25, 0.3) is 11.1 Å². The van der Waals surface area contributed by atoms with E-state index in [0.717, 1.165) is 0 Å². The van der Waals surface area contributed by atoms with Gasteiger partial charge in [-0.25, -0.2) is 9.59 Å². The number of methoxy groups -OCH3 is 2. The number of carbonyl (C=O) groups excluding carboxylic acids is 2. The number of benzene rings is 2. The zero-order valence-corrected chi connectivity index (χ0v) is 13.6. The maximum atomic E-state index is 12.0. The van der Waals surface area contributed by atoms with Gasteiger partial charge in [0.15, 0.2) is 0 Å². The lowest BCUT2D eigenvalue weighted by molar-refractivity contribution is 0.0595. The lowest BCUT2D eigenvalue weighted by Gasteiger charge is -2.15. The highest BCUT2D eigenvalue weighted by Crippen LogP contribution is 2.37. The number of hydrogen-bond donors (Lipinski definition) is 1. The molecule has 0 radical (unpaired) electrons. The molecule has 0 saturated carbocycles. The number of phenolic OH excluding ortho intramolecular Hbond substituents is 1. The summed E-state index contributed by atoms with van der Waals surface area (Å²) >= 11 is 5.86. The average Bonchev–Trinajstić information content (AvgIpc) is 2.55. The third-order valence-corrected chi connectivity index (χ3v) is 3.76. The second-order valence-corrected chi connectivity index (χ2v) is 5.25. The topological polar surface area (TPSA) is 72.8 Å². The summed E-state index contributed by atoms with van der Waals surface area (Å²) in [5.41, 5.74) is 1.31. The van der Waals surface area contributed by atoms with E-state index in [1.165, 1.54) is 20.3 Å². The average molecular weight is 335 g/mol. The molecule has 1 N–H and O–H groups in total. The molecule has 0 bridgehead atoms. The zero-order chi connectivity index (χ0) is 17.1. The normalized spacial score (nSPS) is 10.3. The van der Waals surface area contributed by atoms with Crippen LogP contribution in [-0.4, -0.2) is 31.3 Å². The predicted molar refractivity (Wildman–Crippen MR) is 86.0 cm³/mol. The molecule has 0 aliphatic heterocycles. The van der Waals surface area contributed by atoms with Gasteiger partial charge in [0.1, 0.15) is 11.3 Å². The van der Waals surface area contributed by atoms with Gasteiger partial charge in [-0.1, -0.05) is 23.7 Å². The number of rotatable bonds is 3. The Labute approximate surface area is 138 Å². The Bertz CT molecular complexity index is 766. The van der Waals surface area contributed by atoms with Gasteiger partial charge in [0, 0.05) is 10.6 Å². The van der Waals surface area contributed by atoms with Crippen LogP contribution in [0.2, 0.25) is 5.02 Å². The van der Waals surface area contributed by atoms with Crippen LogP contribution in [0, 0.1) is 6.92 Å². The summed E-state index contributed by atoms with van der Waals surface area (Å²) in [6.45, 7) is 1.55. The molecule has 0 aromatic heterocycles. The van der Waals surface area contributed by atoms with Crippen LogP contribution in [0.15, 0.2) is 30.3 Å². The number of ether oxygens (including phenoxy) is 2. The van der Waals surface area contributed by atoms with Crippen molar-refractivity contribution in [3.8, 4) is 16.9 Å². The molecule has 23 heavy (non-hydrogen) atoms. The van der Waals surface area contributed by atoms with Crippen LogP contribution in [0.1, 0.15) is 26.3 Å². The predicted octanol–water partition coefficient (Wildman–Crippen LogP) is 3.59. The van der Waals surface area contributed by atoms with Crippen molar-refractivity contribution in [1.29, 1.82) is 0 Å². The molecule has 0 saturated heterocycles. The van der Waals surface area contributed by atoms with Gasteiger partial charge in [-0.2, -0.15) is 0 Å². The molecule has 0 fully saturated rings. The molecule has 0 spiro atoms. The van der Waals surface area contributed by atoms with E-state index in [4.69, 9.17) is 21.1 Å². The van der Waals surface area contributed by atoms with E-state index in [-0.39, 0.29) is 16.9 Å². The number of phenols is 1. The summed E-state index contributed by atoms with van der Waals surface area (Å²) in [5, 5.41) is 11.0. The summed E-state index contributed by atoms with van der Waals surface area (Å²) in [6, 6.07) is 8.12. The third kappa shape index (κ3) is 3.14. The molecular weight excluding hydrogens is 320 g/mol. The van der Waals surface area contributed by atoms with Gasteiger partial charge >= 0.3 is 11.9 Å². The van der Waals surface area contributed by atoms with E-state index in [1.54, 1.807) is 31.2 Å². The van der Waals surface area contributed by atoms with Crippen LogP contribution in [0.4, 0.5) is 0 Å². The van der Waals surface area contributed by atoms with Crippen molar-refractivity contribution >= 4 is 23.5 Å². The van der Waals surface area contributed by atoms with Crippen LogP contribution in [-0.2, 0) is 9.47 Å². The van der Waals surface area contributed by atoms with Gasteiger partial charge in [0.2, 0.25) is 0 Å². The minimum atomic E-state index is -0.735. The van der Waals surface area contributed by atoms with Crippen molar-refractivity contribution in [2.24, 2.45) is 0 Å². The molecular formula is C17H15ClO5. The van der Waals surface area contributed by atoms with E-state index in [0.29, 0.717) is 21.7 Å². The maximum Gasteiger partial charge on any atom is 0.341 e. The van der Waals surface area contributed by atoms with E-state index >= 15 is 0 Å². The van der Waals surface area contributed by atoms with Gasteiger partial charge in [0.05, 0.1) is 19.8 Å². The molecule has 2 aromatic carbocycles. The maximum absolute atomic E-state index is 12.0. The molecule has 0 atom stereocenters. The molecule has 0 unspecified atom stereocenters. The van der Waals surface area contributed by atoms with Crippen LogP contribution in [0.5, 0.6) is 5.75 Å². The van der Waals surface area contributed by atoms with Gasteiger partial charge in [0.25, 0.3) is 0 Å². The molecule has 2 aromatic rings. The summed E-state index contributed by atoms with van der Waals surface area (Å²) in [6.07, 6.45) is 0. The van der Waals surface area contributed by atoms with Gasteiger partial charge in [-0.15, -0.1) is 0 Å². The first-order chi connectivity index (χ1) is 10.9. The van der Waals surface area contributed by atoms with Gasteiger partial charge < -0.3 is 14.6 Å². The molecule has 0 amide bonds. The Kier molecular flexibility index (Phi) is 4.91. The second-order valence-electron chi connectivity index (χ2n) is 4.81. The lowest BCUT2D eigenvalue weighted by Crippen LogP contribution is -2.11. The van der Waals surface area contributed by atoms with Crippen molar-refractivity contribution in [2.75, 3.05) is 14.2 Å². The van der Waals surface area contributed by atoms with E-state index < -0.39 is 11.9 Å². The lowest BCUT2D eigenvalue weighted by atomic mass is 9.93. The smallest absolute Gasteiger partial charge is 0.341 e. The first-order valence-corrected chi connectivity index (χ1v) is 7.07. The van der Waals surface area contributed by atoms with Crippen LogP contribution in [0.3, 0.4) is 0 Å². The Morgan fingerprint density at radius 1 is 1.04 bits per heavy atom. The zero-order valence-electron chi connectivity index (χ0n) is 12.8. The highest BCUT2D eigenvalue weighted by molar-refractivity contribution is 6.30. The van der Waals surface area contributed by atoms with Crippen LogP contribution >= 0.6 is 11.6 Å². The Hall–Kier alpha value is -2.53. The van der Waals surface area contributed by atoms with Crippen molar-refractivity contribution in [1.82, 2.24) is 0 Å². The summed E-state index contributed by atoms with van der Waals surface area (Å²) in [7, 11) is 2.45. The van der Waals surface area contributed by atoms with Crippen molar-refractivity contribution < 1.29 is 24.2 Å². The number of hydrogen-bond acceptors (Lipinski definition) is 5. The van der Waals surface area contributed by atoms with Gasteiger partial charge in [-0.3, -0.25) is 0 Å². The highest BCUT2D eigenvalue weighted by Gasteiger charge is 2.25. The van der Waals surface area contributed by atoms with Crippen molar-refractivity contribution in [2.45, 2.75) is 6.92 Å². The quantitative estimate of drug-likeness (QED) is 0.868. The molecule has 0 aliphatic carbocycles. The second kappa shape index (κ2) is 6.71. The number of halogens is 1. The fourth-order valence-electron chi connectivity index (χ4n) is 2.29. The Morgan fingerprint density at radius 2 is 1.61 bits per heavy atom. The van der Waals surface area contributed by atoms with Crippen LogP contribution < -0.4 is 0 Å². The molecule has 2 rings (SSSR count). The number of esters is 2. The highest BCUT2D eigenvalue weighted by atomic mass is 35.5. The minimum absolute atomic E-state index is 0.0691. The molecule has 5 nitrogen and oxygen atoms in total. The third-order valence-electron chi connectivity index (χ3n) is 3.51. The van der Waals surface area contributed by atoms with E-state index in [9.17, 15) is 14.7 Å². The first-order valence-electron chi connectivity index (χ1n) is 6.69. The summed E-state index contributed by atoms with van der Waals surface area (Å²) in [4.78, 5) is 24.0. The summed E-state index contributed by atoms with van der Waals surface area (Å²) < 4.78 is 9.45. The Morgan fingerprint density at radius 3 is 2.13 bits per heavy atom. The minimum Gasteiger partial charge on any atom is -0.506 e.